The highest BCUT2D eigenvalue weighted by atomic mass is 16.5. The number of rotatable bonds is 6. The maximum absolute atomic E-state index is 13.3. The van der Waals surface area contributed by atoms with Crippen LogP contribution >= 0.6 is 0 Å². The van der Waals surface area contributed by atoms with Crippen molar-refractivity contribution in [3.05, 3.63) is 46.7 Å². The van der Waals surface area contributed by atoms with Gasteiger partial charge in [-0.3, -0.25) is 9.80 Å². The number of likely N-dealkylation sites (N-methyl/N-ethyl adjacent to an activating group) is 1. The van der Waals surface area contributed by atoms with Crippen molar-refractivity contribution in [3.63, 3.8) is 0 Å². The van der Waals surface area contributed by atoms with Crippen LogP contribution in [0.1, 0.15) is 58.2 Å². The molecular weight excluding hydrogens is 458 g/mol. The van der Waals surface area contributed by atoms with Gasteiger partial charge in [0.1, 0.15) is 0 Å². The van der Waals surface area contributed by atoms with E-state index in [0.717, 1.165) is 24.1 Å². The van der Waals surface area contributed by atoms with Gasteiger partial charge in [-0.15, -0.1) is 0 Å². The lowest BCUT2D eigenvalue weighted by molar-refractivity contribution is -0.139. The molecule has 0 saturated carbocycles. The zero-order chi connectivity index (χ0) is 26.5. The maximum atomic E-state index is 13.3. The molecule has 1 aromatic carbocycles. The van der Waals surface area contributed by atoms with Gasteiger partial charge in [-0.2, -0.15) is 0 Å². The number of hydrogen-bond acceptors (Lipinski definition) is 5. The van der Waals surface area contributed by atoms with Crippen molar-refractivity contribution in [1.29, 1.82) is 0 Å². The van der Waals surface area contributed by atoms with E-state index in [2.05, 4.69) is 15.5 Å². The Hall–Kier alpha value is -3.07. The van der Waals surface area contributed by atoms with Gasteiger partial charge in [0.05, 0.1) is 18.2 Å². The summed E-state index contributed by atoms with van der Waals surface area (Å²) in [6.45, 7) is 15.3. The van der Waals surface area contributed by atoms with Crippen molar-refractivity contribution in [3.8, 4) is 0 Å². The summed E-state index contributed by atoms with van der Waals surface area (Å²) in [6, 6.07) is 6.94. The van der Waals surface area contributed by atoms with Crippen molar-refractivity contribution >= 4 is 18.0 Å². The van der Waals surface area contributed by atoms with E-state index in [4.69, 9.17) is 4.74 Å². The minimum Gasteiger partial charge on any atom is -0.463 e. The molecule has 2 heterocycles. The van der Waals surface area contributed by atoms with Crippen molar-refractivity contribution in [1.82, 2.24) is 25.3 Å². The lowest BCUT2D eigenvalue weighted by Crippen LogP contribution is -2.51. The predicted molar refractivity (Wildman–Crippen MR) is 139 cm³/mol. The molecule has 0 radical (unpaired) electrons. The number of amides is 4. The van der Waals surface area contributed by atoms with Crippen LogP contribution in [0.25, 0.3) is 0 Å². The number of urea groups is 2. The van der Waals surface area contributed by atoms with E-state index >= 15 is 0 Å². The normalized spacial score (nSPS) is 19.6. The van der Waals surface area contributed by atoms with Crippen LogP contribution in [-0.4, -0.2) is 84.1 Å². The van der Waals surface area contributed by atoms with Gasteiger partial charge in [-0.05, 0) is 53.5 Å². The molecule has 1 saturated heterocycles. The fraction of sp³-hybridized carbons (Fsp3) is 0.593. The lowest BCUT2D eigenvalue weighted by atomic mass is 9.93. The van der Waals surface area contributed by atoms with Crippen LogP contribution in [-0.2, 0) is 9.53 Å². The third-order valence-corrected chi connectivity index (χ3v) is 6.36. The maximum Gasteiger partial charge on any atom is 0.338 e. The van der Waals surface area contributed by atoms with E-state index in [1.165, 1.54) is 0 Å². The van der Waals surface area contributed by atoms with Gasteiger partial charge in [-0.25, -0.2) is 14.4 Å². The topological polar surface area (TPSA) is 94.2 Å². The van der Waals surface area contributed by atoms with Crippen LogP contribution in [0.3, 0.4) is 0 Å². The number of ether oxygens (including phenoxy) is 1. The van der Waals surface area contributed by atoms with Gasteiger partial charge in [0.2, 0.25) is 0 Å². The van der Waals surface area contributed by atoms with Gasteiger partial charge < -0.3 is 20.3 Å². The largest absolute Gasteiger partial charge is 0.463 e. The third-order valence-electron chi connectivity index (χ3n) is 6.36. The van der Waals surface area contributed by atoms with E-state index < -0.39 is 12.0 Å². The Morgan fingerprint density at radius 2 is 1.89 bits per heavy atom. The van der Waals surface area contributed by atoms with Crippen LogP contribution in [0.4, 0.5) is 9.59 Å². The fourth-order valence-corrected chi connectivity index (χ4v) is 4.70. The second kappa shape index (κ2) is 11.8. The first-order valence-electron chi connectivity index (χ1n) is 12.9. The SMILES string of the molecule is CCOC(=O)C1=C(CN2CCCN(C(=O)NC(C)(C)C)CC2)N(CC)C(=O)N[C@H]1c1cccc(C)c1. The van der Waals surface area contributed by atoms with E-state index in [1.54, 1.807) is 11.8 Å². The first kappa shape index (κ1) is 27.5. The fourth-order valence-electron chi connectivity index (χ4n) is 4.70. The number of benzene rings is 1. The summed E-state index contributed by atoms with van der Waals surface area (Å²) in [6.07, 6.45) is 0.805. The van der Waals surface area contributed by atoms with Crippen LogP contribution < -0.4 is 10.6 Å². The molecule has 0 unspecified atom stereocenters. The Labute approximate surface area is 214 Å². The van der Waals surface area contributed by atoms with Crippen LogP contribution in [0, 0.1) is 6.92 Å². The van der Waals surface area contributed by atoms with Crippen molar-refractivity contribution < 1.29 is 19.1 Å². The molecule has 2 aliphatic rings. The van der Waals surface area contributed by atoms with Crippen molar-refractivity contribution in [2.24, 2.45) is 0 Å². The summed E-state index contributed by atoms with van der Waals surface area (Å²) in [7, 11) is 0. The Morgan fingerprint density at radius 1 is 1.14 bits per heavy atom. The second-order valence-corrected chi connectivity index (χ2v) is 10.4. The number of esters is 1. The zero-order valence-electron chi connectivity index (χ0n) is 22.5. The predicted octanol–water partition coefficient (Wildman–Crippen LogP) is 3.41. The number of aryl methyl sites for hydroxylation is 1. The summed E-state index contributed by atoms with van der Waals surface area (Å²) in [4.78, 5) is 44.9. The van der Waals surface area contributed by atoms with Gasteiger partial charge in [0, 0.05) is 50.5 Å². The minimum atomic E-state index is -0.588. The molecule has 2 aliphatic heterocycles. The van der Waals surface area contributed by atoms with Crippen molar-refractivity contribution in [2.45, 2.75) is 59.5 Å². The molecular formula is C27H41N5O4. The Bertz CT molecular complexity index is 1000. The molecule has 0 spiro atoms. The van der Waals surface area contributed by atoms with E-state index in [9.17, 15) is 14.4 Å². The number of nitrogens with one attached hydrogen (secondary N) is 2. The lowest BCUT2D eigenvalue weighted by Gasteiger charge is -2.38. The summed E-state index contributed by atoms with van der Waals surface area (Å²) in [5.41, 5.74) is 2.73. The molecule has 36 heavy (non-hydrogen) atoms. The highest BCUT2D eigenvalue weighted by Gasteiger charge is 2.38. The van der Waals surface area contributed by atoms with E-state index in [0.29, 0.717) is 44.0 Å². The first-order valence-corrected chi connectivity index (χ1v) is 12.9. The highest BCUT2D eigenvalue weighted by Crippen LogP contribution is 2.32. The number of nitrogens with zero attached hydrogens (tertiary/aromatic N) is 3. The summed E-state index contributed by atoms with van der Waals surface area (Å²) in [5, 5.41) is 6.06. The highest BCUT2D eigenvalue weighted by molar-refractivity contribution is 5.95. The molecule has 1 aromatic rings. The van der Waals surface area contributed by atoms with Crippen LogP contribution in [0.15, 0.2) is 35.5 Å². The number of hydrogen-bond donors (Lipinski definition) is 2. The third kappa shape index (κ3) is 6.78. The van der Waals surface area contributed by atoms with E-state index in [-0.39, 0.29) is 24.2 Å². The number of carbonyl (C=O) groups excluding carboxylic acids is 3. The second-order valence-electron chi connectivity index (χ2n) is 10.4. The Morgan fingerprint density at radius 3 is 2.53 bits per heavy atom. The minimum absolute atomic E-state index is 0.0671. The summed E-state index contributed by atoms with van der Waals surface area (Å²) in [5.74, 6) is -0.418. The molecule has 3 rings (SSSR count). The Balaban J connectivity index is 1.92. The summed E-state index contributed by atoms with van der Waals surface area (Å²) >= 11 is 0. The molecule has 2 N–H and O–H groups in total. The molecule has 198 valence electrons. The van der Waals surface area contributed by atoms with E-state index in [1.807, 2.05) is 63.8 Å². The molecule has 9 nitrogen and oxygen atoms in total. The van der Waals surface area contributed by atoms with Crippen LogP contribution in [0.2, 0.25) is 0 Å². The molecule has 0 bridgehead atoms. The average molecular weight is 500 g/mol. The first-order chi connectivity index (χ1) is 17.0. The molecule has 9 heteroatoms. The van der Waals surface area contributed by atoms with Gasteiger partial charge in [0.15, 0.2) is 0 Å². The van der Waals surface area contributed by atoms with Gasteiger partial charge in [-0.1, -0.05) is 29.8 Å². The standard InChI is InChI=1S/C27H41N5O4/c1-7-32-21(18-30-13-10-14-31(16-15-30)26(35)29-27(4,5)6)22(24(33)36-8-2)23(28-25(32)34)20-12-9-11-19(3)17-20/h9,11-12,17,23H,7-8,10,13-16,18H2,1-6H3,(H,28,34)(H,29,35)/t23-/m0/s1. The summed E-state index contributed by atoms with van der Waals surface area (Å²) < 4.78 is 5.48. The molecule has 4 amide bonds. The molecule has 1 atom stereocenters. The van der Waals surface area contributed by atoms with Gasteiger partial charge in [0.25, 0.3) is 0 Å². The van der Waals surface area contributed by atoms with Gasteiger partial charge >= 0.3 is 18.0 Å². The molecule has 0 aliphatic carbocycles. The quantitative estimate of drug-likeness (QED) is 0.585. The molecule has 0 aromatic heterocycles. The Kier molecular flexibility index (Phi) is 9.00. The van der Waals surface area contributed by atoms with Crippen LogP contribution in [0.5, 0.6) is 0 Å². The smallest absolute Gasteiger partial charge is 0.338 e. The monoisotopic (exact) mass is 499 g/mol. The zero-order valence-corrected chi connectivity index (χ0v) is 22.5. The number of carbonyl (C=O) groups is 3. The van der Waals surface area contributed by atoms with Crippen molar-refractivity contribution in [2.75, 3.05) is 45.9 Å². The average Bonchev–Trinajstić information content (AvgIpc) is 3.03. The molecule has 1 fully saturated rings.